The Bertz CT molecular complexity index is 1120. The van der Waals surface area contributed by atoms with Gasteiger partial charge in [-0.05, 0) is 44.2 Å². The topological polar surface area (TPSA) is 84.7 Å². The number of halogens is 1. The Morgan fingerprint density at radius 3 is 2.57 bits per heavy atom. The van der Waals surface area contributed by atoms with Crippen LogP contribution in [0.3, 0.4) is 0 Å². The minimum Gasteiger partial charge on any atom is -0.497 e. The molecule has 1 heterocycles. The van der Waals surface area contributed by atoms with Crippen molar-refractivity contribution in [3.05, 3.63) is 77.4 Å². The number of nitrogens with one attached hydrogen (secondary N) is 2. The van der Waals surface area contributed by atoms with E-state index in [4.69, 9.17) is 4.74 Å². The minimum atomic E-state index is -0.919. The highest BCUT2D eigenvalue weighted by atomic mass is 19.1. The molecule has 0 saturated heterocycles. The fourth-order valence-corrected chi connectivity index (χ4v) is 3.02. The van der Waals surface area contributed by atoms with Crippen LogP contribution in [0.15, 0.2) is 59.7 Å². The molecule has 0 unspecified atom stereocenters. The van der Waals surface area contributed by atoms with Crippen LogP contribution in [-0.4, -0.2) is 29.7 Å². The molecule has 2 N–H and O–H groups in total. The second kappa shape index (κ2) is 9.04. The summed E-state index contributed by atoms with van der Waals surface area (Å²) in [6.07, 6.45) is 1.41. The molecule has 0 bridgehead atoms. The van der Waals surface area contributed by atoms with Gasteiger partial charge in [0.15, 0.2) is 0 Å². The van der Waals surface area contributed by atoms with Gasteiger partial charge in [0.25, 0.3) is 0 Å². The molecule has 1 aromatic heterocycles. The average molecular weight is 408 g/mol. The molecule has 0 aliphatic carbocycles. The lowest BCUT2D eigenvalue weighted by atomic mass is 10.2. The van der Waals surface area contributed by atoms with Gasteiger partial charge < -0.3 is 14.6 Å². The van der Waals surface area contributed by atoms with Gasteiger partial charge in [0.2, 0.25) is 0 Å². The van der Waals surface area contributed by atoms with E-state index in [0.717, 1.165) is 11.4 Å². The average Bonchev–Trinajstić information content (AvgIpc) is 3.01. The molecule has 30 heavy (non-hydrogen) atoms. The summed E-state index contributed by atoms with van der Waals surface area (Å²) in [5.41, 5.74) is 5.28. The van der Waals surface area contributed by atoms with Crippen LogP contribution >= 0.6 is 0 Å². The fraction of sp³-hybridized carbons (Fsp3) is 0.136. The summed E-state index contributed by atoms with van der Waals surface area (Å²) < 4.78 is 21.0. The zero-order valence-corrected chi connectivity index (χ0v) is 16.8. The van der Waals surface area contributed by atoms with Gasteiger partial charge >= 0.3 is 11.8 Å². The number of hydrazone groups is 1. The predicted octanol–water partition coefficient (Wildman–Crippen LogP) is 3.33. The van der Waals surface area contributed by atoms with Crippen molar-refractivity contribution in [2.45, 2.75) is 13.8 Å². The molecule has 3 aromatic rings. The maximum absolute atomic E-state index is 14.2. The van der Waals surface area contributed by atoms with E-state index in [1.807, 2.05) is 19.9 Å². The first-order chi connectivity index (χ1) is 14.4. The smallest absolute Gasteiger partial charge is 0.329 e. The number of carbonyl (C=O) groups is 2. The van der Waals surface area contributed by atoms with Gasteiger partial charge in [-0.25, -0.2) is 9.82 Å². The molecule has 2 amide bonds. The zero-order chi connectivity index (χ0) is 21.7. The summed E-state index contributed by atoms with van der Waals surface area (Å²) in [6, 6.07) is 14.9. The van der Waals surface area contributed by atoms with Crippen molar-refractivity contribution in [2.24, 2.45) is 5.10 Å². The van der Waals surface area contributed by atoms with Crippen molar-refractivity contribution in [1.29, 1.82) is 0 Å². The second-order valence-corrected chi connectivity index (χ2v) is 6.50. The number of benzene rings is 2. The van der Waals surface area contributed by atoms with Crippen LogP contribution in [0.2, 0.25) is 0 Å². The highest BCUT2D eigenvalue weighted by Crippen LogP contribution is 2.22. The summed E-state index contributed by atoms with van der Waals surface area (Å²) in [6.45, 7) is 3.66. The number of hydrogen-bond acceptors (Lipinski definition) is 4. The SMILES string of the molecule is COc1cccc(NC(=O)C(=O)N/N=C\c2cc(C)n(-c3ccccc3F)c2C)c1. The lowest BCUT2D eigenvalue weighted by Gasteiger charge is -2.10. The van der Waals surface area contributed by atoms with E-state index in [1.165, 1.54) is 19.4 Å². The lowest BCUT2D eigenvalue weighted by molar-refractivity contribution is -0.136. The van der Waals surface area contributed by atoms with Crippen molar-refractivity contribution < 1.29 is 18.7 Å². The molecule has 2 aromatic carbocycles. The number of aromatic nitrogens is 1. The number of methoxy groups -OCH3 is 1. The van der Waals surface area contributed by atoms with Gasteiger partial charge in [-0.3, -0.25) is 9.59 Å². The summed E-state index contributed by atoms with van der Waals surface area (Å²) in [4.78, 5) is 24.0. The number of ether oxygens (including phenoxy) is 1. The van der Waals surface area contributed by atoms with Gasteiger partial charge in [-0.2, -0.15) is 5.10 Å². The Kier molecular flexibility index (Phi) is 6.26. The molecule has 0 radical (unpaired) electrons. The largest absolute Gasteiger partial charge is 0.497 e. The summed E-state index contributed by atoms with van der Waals surface area (Å²) in [5, 5.41) is 6.32. The van der Waals surface area contributed by atoms with Gasteiger partial charge in [0.1, 0.15) is 11.6 Å². The normalized spacial score (nSPS) is 10.8. The maximum atomic E-state index is 14.2. The highest BCUT2D eigenvalue weighted by Gasteiger charge is 2.14. The number of rotatable bonds is 5. The third kappa shape index (κ3) is 4.54. The molecule has 0 aliphatic heterocycles. The van der Waals surface area contributed by atoms with E-state index in [1.54, 1.807) is 47.0 Å². The fourth-order valence-electron chi connectivity index (χ4n) is 3.02. The van der Waals surface area contributed by atoms with Crippen LogP contribution in [0, 0.1) is 19.7 Å². The number of hydrogen-bond donors (Lipinski definition) is 2. The van der Waals surface area contributed by atoms with Crippen molar-refractivity contribution in [2.75, 3.05) is 12.4 Å². The Labute approximate surface area is 173 Å². The maximum Gasteiger partial charge on any atom is 0.329 e. The first-order valence-electron chi connectivity index (χ1n) is 9.13. The van der Waals surface area contributed by atoms with Crippen LogP contribution < -0.4 is 15.5 Å². The molecule has 0 aliphatic rings. The molecule has 0 saturated carbocycles. The third-order valence-electron chi connectivity index (χ3n) is 4.47. The van der Waals surface area contributed by atoms with E-state index < -0.39 is 11.8 Å². The molecule has 0 fully saturated rings. The van der Waals surface area contributed by atoms with Crippen LogP contribution in [0.25, 0.3) is 5.69 Å². The van der Waals surface area contributed by atoms with Crippen molar-refractivity contribution in [3.63, 3.8) is 0 Å². The van der Waals surface area contributed by atoms with E-state index in [0.29, 0.717) is 22.7 Å². The van der Waals surface area contributed by atoms with E-state index in [9.17, 15) is 14.0 Å². The van der Waals surface area contributed by atoms with Gasteiger partial charge in [0.05, 0.1) is 19.0 Å². The van der Waals surface area contributed by atoms with Crippen molar-refractivity contribution in [1.82, 2.24) is 9.99 Å². The molecular weight excluding hydrogens is 387 g/mol. The Morgan fingerprint density at radius 1 is 1.07 bits per heavy atom. The molecule has 0 atom stereocenters. The highest BCUT2D eigenvalue weighted by molar-refractivity contribution is 6.39. The number of anilines is 1. The van der Waals surface area contributed by atoms with E-state index in [2.05, 4.69) is 15.8 Å². The van der Waals surface area contributed by atoms with Gasteiger partial charge in [-0.15, -0.1) is 0 Å². The van der Waals surface area contributed by atoms with Crippen molar-refractivity contribution >= 4 is 23.7 Å². The molecule has 7 nitrogen and oxygen atoms in total. The van der Waals surface area contributed by atoms with Crippen LogP contribution in [-0.2, 0) is 9.59 Å². The van der Waals surface area contributed by atoms with Gasteiger partial charge in [0, 0.05) is 28.7 Å². The van der Waals surface area contributed by atoms with E-state index >= 15 is 0 Å². The molecule has 0 spiro atoms. The Balaban J connectivity index is 1.68. The standard InChI is InChI=1S/C22H21FN4O3/c1-14-11-16(15(2)27(14)20-10-5-4-9-19(20)23)13-24-26-22(29)21(28)25-17-7-6-8-18(12-17)30-3/h4-13H,1-3H3,(H,25,28)(H,26,29)/b24-13-. The Morgan fingerprint density at radius 2 is 1.83 bits per heavy atom. The first kappa shape index (κ1) is 20.8. The predicted molar refractivity (Wildman–Crippen MR) is 113 cm³/mol. The molecule has 8 heteroatoms. The number of amides is 2. The summed E-state index contributed by atoms with van der Waals surface area (Å²) >= 11 is 0. The molecule has 154 valence electrons. The quantitative estimate of drug-likeness (QED) is 0.386. The number of para-hydroxylation sites is 1. The minimum absolute atomic E-state index is 0.342. The number of nitrogens with zero attached hydrogens (tertiary/aromatic N) is 2. The molecule has 3 rings (SSSR count). The van der Waals surface area contributed by atoms with Crippen LogP contribution in [0.1, 0.15) is 17.0 Å². The lowest BCUT2D eigenvalue weighted by Crippen LogP contribution is -2.32. The molecular formula is C22H21FN4O3. The third-order valence-corrected chi connectivity index (χ3v) is 4.47. The Hall–Kier alpha value is -3.94. The number of aryl methyl sites for hydroxylation is 1. The second-order valence-electron chi connectivity index (χ2n) is 6.50. The number of carbonyl (C=O) groups excluding carboxylic acids is 2. The van der Waals surface area contributed by atoms with Crippen molar-refractivity contribution in [3.8, 4) is 11.4 Å². The van der Waals surface area contributed by atoms with E-state index in [-0.39, 0.29) is 5.82 Å². The summed E-state index contributed by atoms with van der Waals surface area (Å²) in [7, 11) is 1.51. The first-order valence-corrected chi connectivity index (χ1v) is 9.13. The monoisotopic (exact) mass is 408 g/mol. The summed E-state index contributed by atoms with van der Waals surface area (Å²) in [5.74, 6) is -1.57. The van der Waals surface area contributed by atoms with Crippen LogP contribution in [0.4, 0.5) is 10.1 Å². The zero-order valence-electron chi connectivity index (χ0n) is 16.8. The van der Waals surface area contributed by atoms with Crippen LogP contribution in [0.5, 0.6) is 5.75 Å². The van der Waals surface area contributed by atoms with Gasteiger partial charge in [-0.1, -0.05) is 18.2 Å².